The fraction of sp³-hybridized carbons (Fsp3) is 0.364. The van der Waals surface area contributed by atoms with Crippen LogP contribution >= 0.6 is 12.6 Å². The minimum absolute atomic E-state index is 0.221. The quantitative estimate of drug-likeness (QED) is 0.756. The lowest BCUT2D eigenvalue weighted by molar-refractivity contribution is 0.412. The van der Waals surface area contributed by atoms with Gasteiger partial charge in [0, 0.05) is 4.75 Å². The summed E-state index contributed by atoms with van der Waals surface area (Å²) in [5, 5.41) is 8.79. The van der Waals surface area contributed by atoms with E-state index in [9.17, 15) is 0 Å². The number of hydrogen-bond acceptors (Lipinski definition) is 3. The summed E-state index contributed by atoms with van der Waals surface area (Å²) in [4.78, 5) is 0. The number of ether oxygens (including phenoxy) is 1. The fourth-order valence-corrected chi connectivity index (χ4v) is 1.30. The molecule has 0 N–H and O–H groups in total. The van der Waals surface area contributed by atoms with Crippen LogP contribution in [0.2, 0.25) is 0 Å². The largest absolute Gasteiger partial charge is 0.495 e. The SMILES string of the molecule is COc1cc(C(C)(C)S)ccc1C#N. The van der Waals surface area contributed by atoms with Crippen molar-refractivity contribution in [3.63, 3.8) is 0 Å². The molecule has 0 fully saturated rings. The van der Waals surface area contributed by atoms with Gasteiger partial charge in [-0.05, 0) is 31.5 Å². The zero-order valence-electron chi connectivity index (χ0n) is 8.53. The molecule has 0 heterocycles. The van der Waals surface area contributed by atoms with E-state index >= 15 is 0 Å². The van der Waals surface area contributed by atoms with E-state index in [1.807, 2.05) is 26.0 Å². The standard InChI is InChI=1S/C11H13NOS/c1-11(2,14)9-5-4-8(7-12)10(6-9)13-3/h4-6,14H,1-3H3. The van der Waals surface area contributed by atoms with Crippen LogP contribution in [0.3, 0.4) is 0 Å². The first-order valence-electron chi connectivity index (χ1n) is 4.30. The minimum atomic E-state index is -0.221. The van der Waals surface area contributed by atoms with Gasteiger partial charge in [0.05, 0.1) is 12.7 Å². The number of methoxy groups -OCH3 is 1. The van der Waals surface area contributed by atoms with E-state index in [1.54, 1.807) is 13.2 Å². The average molecular weight is 207 g/mol. The van der Waals surface area contributed by atoms with Crippen LogP contribution in [-0.2, 0) is 4.75 Å². The second kappa shape index (κ2) is 3.93. The summed E-state index contributed by atoms with van der Waals surface area (Å²) in [6, 6.07) is 7.58. The van der Waals surface area contributed by atoms with Gasteiger partial charge in [-0.3, -0.25) is 0 Å². The number of nitrogens with zero attached hydrogens (tertiary/aromatic N) is 1. The number of thiol groups is 1. The van der Waals surface area contributed by atoms with Crippen molar-refractivity contribution < 1.29 is 4.74 Å². The molecule has 0 bridgehead atoms. The van der Waals surface area contributed by atoms with Crippen molar-refractivity contribution >= 4 is 12.6 Å². The second-order valence-corrected chi connectivity index (χ2v) is 4.70. The highest BCUT2D eigenvalue weighted by atomic mass is 32.1. The number of hydrogen-bond donors (Lipinski definition) is 1. The van der Waals surface area contributed by atoms with Gasteiger partial charge in [0.15, 0.2) is 0 Å². The molecule has 0 aromatic heterocycles. The molecule has 74 valence electrons. The van der Waals surface area contributed by atoms with E-state index in [0.717, 1.165) is 5.56 Å². The second-order valence-electron chi connectivity index (χ2n) is 3.59. The van der Waals surface area contributed by atoms with E-state index in [-0.39, 0.29) is 4.75 Å². The first-order valence-corrected chi connectivity index (χ1v) is 4.74. The van der Waals surface area contributed by atoms with Crippen molar-refractivity contribution in [2.75, 3.05) is 7.11 Å². The highest BCUT2D eigenvalue weighted by Gasteiger charge is 2.16. The van der Waals surface area contributed by atoms with Crippen LogP contribution in [-0.4, -0.2) is 7.11 Å². The van der Waals surface area contributed by atoms with Gasteiger partial charge in [0.25, 0.3) is 0 Å². The summed E-state index contributed by atoms with van der Waals surface area (Å²) >= 11 is 4.46. The van der Waals surface area contributed by atoms with E-state index in [1.165, 1.54) is 0 Å². The first-order chi connectivity index (χ1) is 6.49. The van der Waals surface area contributed by atoms with Crippen LogP contribution < -0.4 is 4.74 Å². The molecular weight excluding hydrogens is 194 g/mol. The van der Waals surface area contributed by atoms with Gasteiger partial charge in [-0.25, -0.2) is 0 Å². The van der Waals surface area contributed by atoms with Crippen molar-refractivity contribution in [3.8, 4) is 11.8 Å². The highest BCUT2D eigenvalue weighted by molar-refractivity contribution is 7.81. The van der Waals surface area contributed by atoms with Gasteiger partial charge < -0.3 is 4.74 Å². The topological polar surface area (TPSA) is 33.0 Å². The molecule has 1 aromatic carbocycles. The van der Waals surface area contributed by atoms with Crippen molar-refractivity contribution in [3.05, 3.63) is 29.3 Å². The van der Waals surface area contributed by atoms with E-state index < -0.39 is 0 Å². The predicted molar refractivity (Wildman–Crippen MR) is 59.7 cm³/mol. The van der Waals surface area contributed by atoms with Crippen LogP contribution in [0.1, 0.15) is 25.0 Å². The van der Waals surface area contributed by atoms with E-state index in [2.05, 4.69) is 18.7 Å². The highest BCUT2D eigenvalue weighted by Crippen LogP contribution is 2.31. The number of nitriles is 1. The zero-order chi connectivity index (χ0) is 10.8. The minimum Gasteiger partial charge on any atom is -0.495 e. The monoisotopic (exact) mass is 207 g/mol. The molecule has 0 aliphatic rings. The van der Waals surface area contributed by atoms with Crippen molar-refractivity contribution in [2.45, 2.75) is 18.6 Å². The molecule has 0 spiro atoms. The lowest BCUT2D eigenvalue weighted by Crippen LogP contribution is -2.07. The Morgan fingerprint density at radius 3 is 2.50 bits per heavy atom. The Balaban J connectivity index is 3.23. The summed E-state index contributed by atoms with van der Waals surface area (Å²) in [6.45, 7) is 3.99. The Kier molecular flexibility index (Phi) is 3.07. The molecule has 0 atom stereocenters. The molecule has 14 heavy (non-hydrogen) atoms. The van der Waals surface area contributed by atoms with Crippen molar-refractivity contribution in [2.24, 2.45) is 0 Å². The predicted octanol–water partition coefficient (Wildman–Crippen LogP) is 2.73. The third kappa shape index (κ3) is 2.21. The van der Waals surface area contributed by atoms with Gasteiger partial charge in [-0.2, -0.15) is 17.9 Å². The molecule has 1 rings (SSSR count). The first kappa shape index (κ1) is 10.9. The molecule has 0 amide bonds. The molecule has 1 aromatic rings. The molecule has 0 unspecified atom stereocenters. The molecular formula is C11H13NOS. The third-order valence-corrected chi connectivity index (χ3v) is 2.29. The van der Waals surface area contributed by atoms with Gasteiger partial charge in [0.2, 0.25) is 0 Å². The molecule has 3 heteroatoms. The maximum Gasteiger partial charge on any atom is 0.136 e. The summed E-state index contributed by atoms with van der Waals surface area (Å²) in [5.41, 5.74) is 1.59. The van der Waals surface area contributed by atoms with Crippen molar-refractivity contribution in [1.82, 2.24) is 0 Å². The lowest BCUT2D eigenvalue weighted by Gasteiger charge is -2.18. The molecule has 0 radical (unpaired) electrons. The molecule has 0 aliphatic heterocycles. The van der Waals surface area contributed by atoms with E-state index in [4.69, 9.17) is 10.00 Å². The molecule has 0 saturated carbocycles. The maximum absolute atomic E-state index is 8.79. The lowest BCUT2D eigenvalue weighted by atomic mass is 10.0. The Morgan fingerprint density at radius 1 is 1.43 bits per heavy atom. The van der Waals surface area contributed by atoms with Crippen LogP contribution in [0.25, 0.3) is 0 Å². The van der Waals surface area contributed by atoms with Crippen LogP contribution in [0.4, 0.5) is 0 Å². The summed E-state index contributed by atoms with van der Waals surface area (Å²) in [7, 11) is 1.56. The van der Waals surface area contributed by atoms with Crippen molar-refractivity contribution in [1.29, 1.82) is 5.26 Å². The van der Waals surface area contributed by atoms with Crippen LogP contribution in [0, 0.1) is 11.3 Å². The maximum atomic E-state index is 8.79. The smallest absolute Gasteiger partial charge is 0.136 e. The van der Waals surface area contributed by atoms with Gasteiger partial charge in [-0.15, -0.1) is 0 Å². The normalized spacial score (nSPS) is 10.8. The van der Waals surface area contributed by atoms with Gasteiger partial charge >= 0.3 is 0 Å². The molecule has 0 saturated heterocycles. The third-order valence-electron chi connectivity index (χ3n) is 2.03. The summed E-state index contributed by atoms with van der Waals surface area (Å²) in [6.07, 6.45) is 0. The Morgan fingerprint density at radius 2 is 2.07 bits per heavy atom. The Hall–Kier alpha value is -1.14. The summed E-state index contributed by atoms with van der Waals surface area (Å²) < 4.78 is 4.89. The number of benzene rings is 1. The number of rotatable bonds is 2. The molecule has 0 aliphatic carbocycles. The average Bonchev–Trinajstić information content (AvgIpc) is 2.15. The van der Waals surface area contributed by atoms with Gasteiger partial charge in [0.1, 0.15) is 11.8 Å². The Labute approximate surface area is 89.9 Å². The molecule has 2 nitrogen and oxygen atoms in total. The summed E-state index contributed by atoms with van der Waals surface area (Å²) in [5.74, 6) is 0.604. The van der Waals surface area contributed by atoms with Crippen LogP contribution in [0.5, 0.6) is 5.75 Å². The Bertz CT molecular complexity index is 374. The van der Waals surface area contributed by atoms with Crippen LogP contribution in [0.15, 0.2) is 18.2 Å². The zero-order valence-corrected chi connectivity index (χ0v) is 9.43. The van der Waals surface area contributed by atoms with Gasteiger partial charge in [-0.1, -0.05) is 6.07 Å². The van der Waals surface area contributed by atoms with E-state index in [0.29, 0.717) is 11.3 Å². The fourth-order valence-electron chi connectivity index (χ4n) is 1.16.